The lowest BCUT2D eigenvalue weighted by molar-refractivity contribution is -0.385. The molecule has 0 saturated heterocycles. The Morgan fingerprint density at radius 3 is 2.68 bits per heavy atom. The minimum Gasteiger partial charge on any atom is -0.313 e. The van der Waals surface area contributed by atoms with E-state index >= 15 is 0 Å². The molecule has 1 unspecified atom stereocenters. The van der Waals surface area contributed by atoms with Crippen LogP contribution in [0.1, 0.15) is 32.9 Å². The molecule has 0 aliphatic heterocycles. The summed E-state index contributed by atoms with van der Waals surface area (Å²) in [4.78, 5) is 14.4. The summed E-state index contributed by atoms with van der Waals surface area (Å²) >= 11 is 3.37. The third-order valence-electron chi connectivity index (χ3n) is 2.99. The summed E-state index contributed by atoms with van der Waals surface area (Å²) in [6.07, 6.45) is 3.16. The minimum atomic E-state index is -0.434. The van der Waals surface area contributed by atoms with Crippen LogP contribution in [0.4, 0.5) is 5.69 Å². The second-order valence-corrected chi connectivity index (χ2v) is 5.74. The molecular formula is C13H20BrN3O2. The fourth-order valence-corrected chi connectivity index (χ4v) is 2.29. The molecule has 0 aromatic carbocycles. The van der Waals surface area contributed by atoms with E-state index in [1.165, 1.54) is 12.3 Å². The van der Waals surface area contributed by atoms with Gasteiger partial charge in [0.05, 0.1) is 10.6 Å². The fraction of sp³-hybridized carbons (Fsp3) is 0.615. The molecule has 1 aromatic heterocycles. The summed E-state index contributed by atoms with van der Waals surface area (Å²) in [6, 6.07) is 1.84. The molecule has 0 aliphatic carbocycles. The number of aromatic nitrogens is 1. The Kier molecular flexibility index (Phi) is 6.37. The largest absolute Gasteiger partial charge is 0.313 e. The number of nitro groups is 1. The molecule has 1 aromatic rings. The molecule has 1 heterocycles. The average molecular weight is 330 g/mol. The van der Waals surface area contributed by atoms with E-state index in [1.807, 2.05) is 0 Å². The van der Waals surface area contributed by atoms with Crippen molar-refractivity contribution in [3.05, 3.63) is 32.5 Å². The van der Waals surface area contributed by atoms with Crippen molar-refractivity contribution < 1.29 is 4.92 Å². The second kappa shape index (κ2) is 7.55. The maximum absolute atomic E-state index is 10.7. The first-order valence-electron chi connectivity index (χ1n) is 6.47. The third kappa shape index (κ3) is 4.87. The van der Waals surface area contributed by atoms with E-state index in [-0.39, 0.29) is 5.69 Å². The summed E-state index contributed by atoms with van der Waals surface area (Å²) < 4.78 is 0.700. The maximum Gasteiger partial charge on any atom is 0.288 e. The highest BCUT2D eigenvalue weighted by Crippen LogP contribution is 2.22. The summed E-state index contributed by atoms with van der Waals surface area (Å²) in [6.45, 7) is 7.41. The van der Waals surface area contributed by atoms with Crippen molar-refractivity contribution in [1.29, 1.82) is 0 Å². The van der Waals surface area contributed by atoms with Crippen molar-refractivity contribution in [3.63, 3.8) is 0 Å². The van der Waals surface area contributed by atoms with Gasteiger partial charge in [0.15, 0.2) is 0 Å². The predicted octanol–water partition coefficient (Wildman–Crippen LogP) is 3.32. The van der Waals surface area contributed by atoms with E-state index in [2.05, 4.69) is 47.0 Å². The average Bonchev–Trinajstić information content (AvgIpc) is 2.35. The Bertz CT molecular complexity index is 438. The van der Waals surface area contributed by atoms with Crippen LogP contribution in [-0.2, 0) is 6.42 Å². The molecule has 0 spiro atoms. The predicted molar refractivity (Wildman–Crippen MR) is 79.2 cm³/mol. The first-order chi connectivity index (χ1) is 8.95. The Morgan fingerprint density at radius 1 is 1.53 bits per heavy atom. The van der Waals surface area contributed by atoms with Crippen LogP contribution in [0.5, 0.6) is 0 Å². The summed E-state index contributed by atoms with van der Waals surface area (Å²) in [5, 5.41) is 14.2. The van der Waals surface area contributed by atoms with Crippen molar-refractivity contribution in [3.8, 4) is 0 Å². The number of rotatable bonds is 7. The van der Waals surface area contributed by atoms with Gasteiger partial charge in [-0.1, -0.05) is 20.8 Å². The highest BCUT2D eigenvalue weighted by atomic mass is 79.9. The van der Waals surface area contributed by atoms with Crippen LogP contribution in [0.25, 0.3) is 0 Å². The number of hydrogen-bond donors (Lipinski definition) is 1. The van der Waals surface area contributed by atoms with Gasteiger partial charge in [-0.15, -0.1) is 0 Å². The number of nitrogens with zero attached hydrogens (tertiary/aromatic N) is 2. The molecule has 1 N–H and O–H groups in total. The van der Waals surface area contributed by atoms with Crippen LogP contribution >= 0.6 is 15.9 Å². The first-order valence-corrected chi connectivity index (χ1v) is 7.27. The summed E-state index contributed by atoms with van der Waals surface area (Å²) in [7, 11) is 0. The normalized spacial score (nSPS) is 12.7. The molecule has 0 fully saturated rings. The number of halogens is 1. The molecule has 5 nitrogen and oxygen atoms in total. The lowest BCUT2D eigenvalue weighted by Crippen LogP contribution is -2.36. The molecule has 1 atom stereocenters. The number of hydrogen-bond acceptors (Lipinski definition) is 4. The lowest BCUT2D eigenvalue weighted by atomic mass is 9.99. The lowest BCUT2D eigenvalue weighted by Gasteiger charge is -2.22. The van der Waals surface area contributed by atoms with Crippen molar-refractivity contribution in [1.82, 2.24) is 10.3 Å². The van der Waals surface area contributed by atoms with E-state index in [4.69, 9.17) is 0 Å². The first kappa shape index (κ1) is 16.0. The molecule has 1 rings (SSSR count). The maximum atomic E-state index is 10.7. The van der Waals surface area contributed by atoms with Crippen LogP contribution in [0.2, 0.25) is 0 Å². The van der Waals surface area contributed by atoms with Gasteiger partial charge in [0.1, 0.15) is 6.20 Å². The minimum absolute atomic E-state index is 0.0123. The van der Waals surface area contributed by atoms with E-state index in [0.717, 1.165) is 25.1 Å². The Balaban J connectivity index is 2.81. The van der Waals surface area contributed by atoms with Crippen LogP contribution in [0, 0.1) is 16.0 Å². The van der Waals surface area contributed by atoms with Gasteiger partial charge in [0.2, 0.25) is 0 Å². The Morgan fingerprint density at radius 2 is 2.21 bits per heavy atom. The molecule has 0 amide bonds. The highest BCUT2D eigenvalue weighted by Gasteiger charge is 2.17. The summed E-state index contributed by atoms with van der Waals surface area (Å²) in [5.41, 5.74) is 0.867. The number of pyridine rings is 1. The third-order valence-corrected chi connectivity index (χ3v) is 3.67. The van der Waals surface area contributed by atoms with Gasteiger partial charge in [-0.05, 0) is 34.8 Å². The number of nitrogens with one attached hydrogen (secondary N) is 1. The monoisotopic (exact) mass is 329 g/mol. The zero-order valence-electron chi connectivity index (χ0n) is 11.5. The highest BCUT2D eigenvalue weighted by molar-refractivity contribution is 9.10. The smallest absolute Gasteiger partial charge is 0.288 e. The van der Waals surface area contributed by atoms with E-state index in [0.29, 0.717) is 16.4 Å². The van der Waals surface area contributed by atoms with Crippen molar-refractivity contribution in [2.45, 2.75) is 39.7 Å². The van der Waals surface area contributed by atoms with Gasteiger partial charge in [-0.25, -0.2) is 0 Å². The van der Waals surface area contributed by atoms with Crippen molar-refractivity contribution >= 4 is 21.6 Å². The van der Waals surface area contributed by atoms with E-state index < -0.39 is 4.92 Å². The molecule has 0 radical (unpaired) electrons. The van der Waals surface area contributed by atoms with Crippen molar-refractivity contribution in [2.24, 2.45) is 5.92 Å². The quantitative estimate of drug-likeness (QED) is 0.615. The van der Waals surface area contributed by atoms with E-state index in [9.17, 15) is 10.1 Å². The SMILES string of the molecule is CCCNC(Cc1ncc([N+](=O)[O-])cc1Br)C(C)C. The zero-order chi connectivity index (χ0) is 14.4. The topological polar surface area (TPSA) is 68.1 Å². The second-order valence-electron chi connectivity index (χ2n) is 4.89. The molecule has 106 valence electrons. The fourth-order valence-electron chi connectivity index (χ4n) is 1.79. The Hall–Kier alpha value is -1.01. The van der Waals surface area contributed by atoms with Crippen LogP contribution in [-0.4, -0.2) is 22.5 Å². The van der Waals surface area contributed by atoms with E-state index in [1.54, 1.807) is 0 Å². The zero-order valence-corrected chi connectivity index (χ0v) is 13.1. The molecule has 0 bridgehead atoms. The van der Waals surface area contributed by atoms with Crippen molar-refractivity contribution in [2.75, 3.05) is 6.54 Å². The molecule has 19 heavy (non-hydrogen) atoms. The molecular weight excluding hydrogens is 310 g/mol. The molecule has 0 aliphatic rings. The van der Waals surface area contributed by atoms with Gasteiger partial charge in [-0.3, -0.25) is 15.1 Å². The summed E-state index contributed by atoms with van der Waals surface area (Å²) in [5.74, 6) is 0.482. The van der Waals surface area contributed by atoms with Crippen LogP contribution < -0.4 is 5.32 Å². The van der Waals surface area contributed by atoms with Gasteiger partial charge in [0.25, 0.3) is 5.69 Å². The standard InChI is InChI=1S/C13H20BrN3O2/c1-4-5-15-12(9(2)3)7-13-11(14)6-10(8-16-13)17(18)19/h6,8-9,12,15H,4-5,7H2,1-3H3. The van der Waals surface area contributed by atoms with Crippen LogP contribution in [0.3, 0.4) is 0 Å². The Labute approximate surface area is 122 Å². The van der Waals surface area contributed by atoms with Gasteiger partial charge in [-0.2, -0.15) is 0 Å². The van der Waals surface area contributed by atoms with Gasteiger partial charge in [0, 0.05) is 23.0 Å². The molecule has 6 heteroatoms. The van der Waals surface area contributed by atoms with Gasteiger partial charge < -0.3 is 5.32 Å². The van der Waals surface area contributed by atoms with Gasteiger partial charge >= 0.3 is 0 Å². The van der Waals surface area contributed by atoms with Crippen LogP contribution in [0.15, 0.2) is 16.7 Å². The molecule has 0 saturated carbocycles.